The first-order valence-electron chi connectivity index (χ1n) is 5.67. The van der Waals surface area contributed by atoms with Crippen molar-refractivity contribution >= 4 is 23.6 Å². The third kappa shape index (κ3) is 1.61. The lowest BCUT2D eigenvalue weighted by molar-refractivity contribution is 0.154. The molecular weight excluding hydrogens is 222 g/mol. The molecule has 1 atom stereocenters. The molecule has 0 saturated carbocycles. The van der Waals surface area contributed by atoms with Crippen molar-refractivity contribution in [3.8, 4) is 0 Å². The molecule has 1 spiro atoms. The molecule has 0 aromatic carbocycles. The minimum atomic E-state index is -0.377. The van der Waals surface area contributed by atoms with Crippen molar-refractivity contribution in [2.75, 3.05) is 18.1 Å². The van der Waals surface area contributed by atoms with E-state index in [9.17, 15) is 4.79 Å². The van der Waals surface area contributed by atoms with Gasteiger partial charge in [0.2, 0.25) is 0 Å². The van der Waals surface area contributed by atoms with Gasteiger partial charge >= 0.3 is 6.03 Å². The van der Waals surface area contributed by atoms with Crippen molar-refractivity contribution in [1.82, 2.24) is 10.2 Å². The van der Waals surface area contributed by atoms with E-state index in [2.05, 4.69) is 19.2 Å². The van der Waals surface area contributed by atoms with E-state index in [-0.39, 0.29) is 17.0 Å². The Morgan fingerprint density at radius 3 is 2.75 bits per heavy atom. The summed E-state index contributed by atoms with van der Waals surface area (Å²) in [6, 6.07) is -0.106. The Morgan fingerprint density at radius 1 is 1.50 bits per heavy atom. The number of carbonyl (C=O) groups is 1. The van der Waals surface area contributed by atoms with Crippen LogP contribution in [0.15, 0.2) is 0 Å². The molecule has 0 aromatic rings. The molecule has 2 fully saturated rings. The Labute approximate surface area is 101 Å². The van der Waals surface area contributed by atoms with Crippen molar-refractivity contribution in [2.45, 2.75) is 32.7 Å². The normalized spacial score (nSPS) is 33.3. The first kappa shape index (κ1) is 11.8. The number of nitrogens with zero attached hydrogens (tertiary/aromatic N) is 1. The molecule has 0 radical (unpaired) electrons. The monoisotopic (exact) mass is 241 g/mol. The van der Waals surface area contributed by atoms with E-state index in [0.29, 0.717) is 12.4 Å². The van der Waals surface area contributed by atoms with Gasteiger partial charge in [-0.3, -0.25) is 10.7 Å². The molecule has 2 amide bonds. The highest BCUT2D eigenvalue weighted by molar-refractivity contribution is 7.99. The second-order valence-corrected chi connectivity index (χ2v) is 6.40. The van der Waals surface area contributed by atoms with Gasteiger partial charge in [-0.2, -0.15) is 11.8 Å². The van der Waals surface area contributed by atoms with Crippen LogP contribution in [0.3, 0.4) is 0 Å². The Bertz CT molecular complexity index is 342. The largest absolute Gasteiger partial charge is 0.323 e. The molecule has 2 rings (SSSR count). The summed E-state index contributed by atoms with van der Waals surface area (Å²) in [6.45, 7) is 7.08. The van der Waals surface area contributed by atoms with Crippen molar-refractivity contribution in [2.24, 2.45) is 5.41 Å². The first-order chi connectivity index (χ1) is 7.41. The number of hydrogen-bond donors (Lipinski definition) is 2. The summed E-state index contributed by atoms with van der Waals surface area (Å²) >= 11 is 1.85. The Hall–Kier alpha value is -0.710. The van der Waals surface area contributed by atoms with E-state index in [1.807, 2.05) is 23.6 Å². The van der Waals surface area contributed by atoms with E-state index in [1.165, 1.54) is 0 Å². The lowest BCUT2D eigenvalue weighted by Crippen LogP contribution is -2.56. The Morgan fingerprint density at radius 2 is 2.19 bits per heavy atom. The Balaban J connectivity index is 2.34. The van der Waals surface area contributed by atoms with Crippen LogP contribution in [0.1, 0.15) is 27.2 Å². The second-order valence-electron chi connectivity index (χ2n) is 5.41. The van der Waals surface area contributed by atoms with Gasteiger partial charge in [-0.1, -0.05) is 13.8 Å². The number of nitrogens with one attached hydrogen (secondary N) is 2. The summed E-state index contributed by atoms with van der Waals surface area (Å²) in [4.78, 5) is 13.6. The van der Waals surface area contributed by atoms with Crippen LogP contribution in [0, 0.1) is 10.8 Å². The minimum Gasteiger partial charge on any atom is -0.311 e. The molecule has 2 aliphatic rings. The molecule has 0 aromatic heterocycles. The average Bonchev–Trinajstić information content (AvgIpc) is 2.36. The van der Waals surface area contributed by atoms with Crippen molar-refractivity contribution in [3.63, 3.8) is 0 Å². The fraction of sp³-hybridized carbons (Fsp3) is 0.818. The summed E-state index contributed by atoms with van der Waals surface area (Å²) in [6.07, 6.45) is 0.887. The predicted octanol–water partition coefficient (Wildman–Crippen LogP) is 1.91. The average molecular weight is 241 g/mol. The highest BCUT2D eigenvalue weighted by Crippen LogP contribution is 2.44. The maximum Gasteiger partial charge on any atom is 0.323 e. The molecule has 0 aliphatic carbocycles. The van der Waals surface area contributed by atoms with Crippen LogP contribution < -0.4 is 5.32 Å². The lowest BCUT2D eigenvalue weighted by Gasteiger charge is -2.45. The van der Waals surface area contributed by atoms with E-state index < -0.39 is 0 Å². The number of rotatable bonds is 1. The van der Waals surface area contributed by atoms with Gasteiger partial charge in [-0.05, 0) is 24.5 Å². The number of likely N-dealkylation sites (N-methyl/N-ethyl adjacent to an activating group) is 1. The summed E-state index contributed by atoms with van der Waals surface area (Å²) in [5.41, 5.74) is -0.187. The molecule has 16 heavy (non-hydrogen) atoms. The van der Waals surface area contributed by atoms with Gasteiger partial charge in [-0.25, -0.2) is 4.79 Å². The molecule has 90 valence electrons. The molecule has 2 N–H and O–H groups in total. The zero-order chi connectivity index (χ0) is 12.0. The fourth-order valence-electron chi connectivity index (χ4n) is 2.79. The topological polar surface area (TPSA) is 56.2 Å². The van der Waals surface area contributed by atoms with Crippen LogP contribution in [0.2, 0.25) is 0 Å². The van der Waals surface area contributed by atoms with Crippen LogP contribution in [-0.2, 0) is 0 Å². The van der Waals surface area contributed by atoms with Crippen LogP contribution in [0.25, 0.3) is 0 Å². The minimum absolute atomic E-state index is 0.106. The van der Waals surface area contributed by atoms with Gasteiger partial charge < -0.3 is 4.90 Å². The number of urea groups is 1. The van der Waals surface area contributed by atoms with Crippen LogP contribution in [0.4, 0.5) is 4.79 Å². The molecule has 2 saturated heterocycles. The smallest absolute Gasteiger partial charge is 0.311 e. The van der Waals surface area contributed by atoms with E-state index in [0.717, 1.165) is 17.9 Å². The third-order valence-corrected chi connectivity index (χ3v) is 5.05. The van der Waals surface area contributed by atoms with Crippen molar-refractivity contribution < 1.29 is 4.79 Å². The number of amidine groups is 1. The quantitative estimate of drug-likeness (QED) is 0.737. The van der Waals surface area contributed by atoms with E-state index >= 15 is 0 Å². The molecule has 1 unspecified atom stereocenters. The third-order valence-electron chi connectivity index (χ3n) is 3.38. The first-order valence-corrected chi connectivity index (χ1v) is 6.82. The fourth-order valence-corrected chi connectivity index (χ4v) is 4.29. The lowest BCUT2D eigenvalue weighted by atomic mass is 9.79. The van der Waals surface area contributed by atoms with Gasteiger partial charge in [0, 0.05) is 12.3 Å². The summed E-state index contributed by atoms with van der Waals surface area (Å²) in [5, 5.41) is 10.7. The van der Waals surface area contributed by atoms with E-state index in [4.69, 9.17) is 5.41 Å². The number of hydrogen-bond acceptors (Lipinski definition) is 3. The second kappa shape index (κ2) is 3.65. The summed E-state index contributed by atoms with van der Waals surface area (Å²) in [7, 11) is 0. The van der Waals surface area contributed by atoms with Crippen LogP contribution in [-0.4, -0.2) is 40.4 Å². The maximum absolute atomic E-state index is 11.8. The molecule has 0 bridgehead atoms. The van der Waals surface area contributed by atoms with Gasteiger partial charge in [0.25, 0.3) is 0 Å². The van der Waals surface area contributed by atoms with Gasteiger partial charge in [0.15, 0.2) is 0 Å². The van der Waals surface area contributed by atoms with Crippen molar-refractivity contribution in [3.05, 3.63) is 0 Å². The molecule has 2 heterocycles. The van der Waals surface area contributed by atoms with Gasteiger partial charge in [0.1, 0.15) is 11.4 Å². The molecular formula is C11H19N3OS. The van der Waals surface area contributed by atoms with Crippen LogP contribution in [0.5, 0.6) is 0 Å². The van der Waals surface area contributed by atoms with Gasteiger partial charge in [-0.15, -0.1) is 0 Å². The summed E-state index contributed by atoms with van der Waals surface area (Å²) < 4.78 is 0. The van der Waals surface area contributed by atoms with Crippen LogP contribution >= 0.6 is 11.8 Å². The Kier molecular flexibility index (Phi) is 2.69. The SMILES string of the molecule is CCN1C(=O)NC(=N)C12CSCC(C)(C)C2. The predicted molar refractivity (Wildman–Crippen MR) is 67.1 cm³/mol. The molecule has 5 heteroatoms. The molecule has 2 aliphatic heterocycles. The van der Waals surface area contributed by atoms with Gasteiger partial charge in [0.05, 0.1) is 0 Å². The highest BCUT2D eigenvalue weighted by Gasteiger charge is 2.53. The number of amides is 2. The number of carbonyl (C=O) groups excluding carboxylic acids is 1. The maximum atomic E-state index is 11.8. The van der Waals surface area contributed by atoms with Crippen molar-refractivity contribution in [1.29, 1.82) is 5.41 Å². The highest BCUT2D eigenvalue weighted by atomic mass is 32.2. The summed E-state index contributed by atoms with van der Waals surface area (Å²) in [5.74, 6) is 2.34. The zero-order valence-corrected chi connectivity index (χ0v) is 10.9. The molecule has 4 nitrogen and oxygen atoms in total. The van der Waals surface area contributed by atoms with E-state index in [1.54, 1.807) is 0 Å². The zero-order valence-electron chi connectivity index (χ0n) is 10.1. The number of thioether (sulfide) groups is 1. The standard InChI is InChI=1S/C11H19N3OS/c1-4-14-9(15)13-8(12)11(14)5-10(2,3)6-16-7-11/h4-7H2,1-3H3,(H2,12,13,15).